The molecule has 0 heterocycles. The third kappa shape index (κ3) is 27.4. The molecule has 0 fully saturated rings. The minimum atomic E-state index is -2.61. The number of allylic oxidation sites excluding steroid dienone is 2. The van der Waals surface area contributed by atoms with Gasteiger partial charge in [0.2, 0.25) is 5.91 Å². The van der Waals surface area contributed by atoms with Crippen molar-refractivity contribution in [2.24, 2.45) is 5.73 Å². The summed E-state index contributed by atoms with van der Waals surface area (Å²) in [4.78, 5) is 23.2. The van der Waals surface area contributed by atoms with Crippen molar-refractivity contribution in [1.29, 1.82) is 0 Å². The van der Waals surface area contributed by atoms with Crippen molar-refractivity contribution in [3.05, 3.63) is 12.2 Å². The van der Waals surface area contributed by atoms with E-state index in [0.717, 1.165) is 25.7 Å². The van der Waals surface area contributed by atoms with Crippen LogP contribution in [0.4, 0.5) is 0 Å². The van der Waals surface area contributed by atoms with Crippen molar-refractivity contribution in [2.45, 2.75) is 116 Å². The number of nitrogens with one attached hydrogen (secondary N) is 1. The maximum Gasteiger partial charge on any atom is 0.319 e. The van der Waals surface area contributed by atoms with Crippen LogP contribution in [0.3, 0.4) is 0 Å². The summed E-state index contributed by atoms with van der Waals surface area (Å²) < 4.78 is 26.9. The lowest BCUT2D eigenvalue weighted by molar-refractivity contribution is -0.144. The predicted molar refractivity (Wildman–Crippen MR) is 147 cm³/mol. The first-order valence-electron chi connectivity index (χ1n) is 14.2. The summed E-state index contributed by atoms with van der Waals surface area (Å²) in [6.07, 6.45) is 22.5. The fourth-order valence-corrected chi connectivity index (χ4v) is 4.19. The van der Waals surface area contributed by atoms with Crippen LogP contribution in [0, 0.1) is 0 Å². The molecule has 1 amide bonds. The third-order valence-electron chi connectivity index (χ3n) is 5.67. The Kier molecular flexibility index (Phi) is 27.4. The second-order valence-electron chi connectivity index (χ2n) is 9.10. The van der Waals surface area contributed by atoms with E-state index in [1.165, 1.54) is 57.8 Å². The van der Waals surface area contributed by atoms with E-state index in [9.17, 15) is 14.2 Å². The van der Waals surface area contributed by atoms with Gasteiger partial charge in [-0.3, -0.25) is 14.2 Å². The number of hydrogen-bond donors (Lipinski definition) is 2. The molecule has 0 aliphatic carbocycles. The lowest BCUT2D eigenvalue weighted by Gasteiger charge is -2.08. The van der Waals surface area contributed by atoms with Crippen molar-refractivity contribution >= 4 is 20.1 Å². The molecule has 0 aromatic carbocycles. The Morgan fingerprint density at radius 1 is 0.750 bits per heavy atom. The second-order valence-corrected chi connectivity index (χ2v) is 10.2. The van der Waals surface area contributed by atoms with E-state index in [1.54, 1.807) is 0 Å². The molecule has 0 spiro atoms. The third-order valence-corrected chi connectivity index (χ3v) is 6.55. The minimum Gasteiger partial charge on any atom is -0.466 e. The highest BCUT2D eigenvalue weighted by Crippen LogP contribution is 2.23. The molecule has 0 radical (unpaired) electrons. The van der Waals surface area contributed by atoms with Crippen molar-refractivity contribution in [3.63, 3.8) is 0 Å². The van der Waals surface area contributed by atoms with Crippen LogP contribution in [0.2, 0.25) is 0 Å². The van der Waals surface area contributed by atoms with Crippen molar-refractivity contribution in [1.82, 2.24) is 5.32 Å². The van der Waals surface area contributed by atoms with Crippen LogP contribution in [0.1, 0.15) is 116 Å². The summed E-state index contributed by atoms with van der Waals surface area (Å²) in [5.41, 5.74) is 5.34. The molecule has 0 saturated carbocycles. The first kappa shape index (κ1) is 34.8. The summed E-state index contributed by atoms with van der Waals surface area (Å²) in [5, 5.41) is 2.65. The summed E-state index contributed by atoms with van der Waals surface area (Å²) >= 11 is 0. The number of nitrogens with two attached hydrogens (primary N) is 1. The highest BCUT2D eigenvalue weighted by atomic mass is 31.1. The molecular weight excluding hydrogens is 479 g/mol. The van der Waals surface area contributed by atoms with Crippen LogP contribution in [0.25, 0.3) is 0 Å². The normalized spacial score (nSPS) is 12.2. The average Bonchev–Trinajstić information content (AvgIpc) is 2.87. The Morgan fingerprint density at radius 2 is 1.36 bits per heavy atom. The number of rotatable bonds is 27. The highest BCUT2D eigenvalue weighted by Gasteiger charge is 2.05. The van der Waals surface area contributed by atoms with Crippen LogP contribution >= 0.6 is 8.25 Å². The molecule has 9 heteroatoms. The number of unbranched alkanes of at least 4 members (excludes halogenated alkanes) is 11. The Balaban J connectivity index is 3.36. The van der Waals surface area contributed by atoms with Gasteiger partial charge in [-0.25, -0.2) is 0 Å². The van der Waals surface area contributed by atoms with Gasteiger partial charge in [0.15, 0.2) is 0 Å². The fraction of sp³-hybridized carbons (Fsp3) is 0.852. The van der Waals surface area contributed by atoms with Crippen molar-refractivity contribution in [3.8, 4) is 0 Å². The first-order valence-corrected chi connectivity index (χ1v) is 15.4. The standard InChI is InChI=1S/C27H53N2O6P/c1-2-3-4-5-6-7-8-9-10-11-12-13-14-15-16-20-27(31)33-23-18-24-34-36(32)35-25-22-29-26(30)19-17-21-28/h9-10,36H,2-8,11-25,28H2,1H3,(H,29,30)/b10-9-. The minimum absolute atomic E-state index is 0.103. The molecule has 36 heavy (non-hydrogen) atoms. The summed E-state index contributed by atoms with van der Waals surface area (Å²) in [7, 11) is -2.61. The Morgan fingerprint density at radius 3 is 2.03 bits per heavy atom. The molecule has 0 saturated heterocycles. The monoisotopic (exact) mass is 532 g/mol. The number of hydrogen-bond acceptors (Lipinski definition) is 7. The zero-order valence-electron chi connectivity index (χ0n) is 22.7. The van der Waals surface area contributed by atoms with Gasteiger partial charge in [0, 0.05) is 25.8 Å². The van der Waals surface area contributed by atoms with Gasteiger partial charge in [-0.15, -0.1) is 0 Å². The maximum atomic E-state index is 11.8. The number of carbonyl (C=O) groups excluding carboxylic acids is 2. The summed E-state index contributed by atoms with van der Waals surface area (Å²) in [6, 6.07) is 0. The van der Waals surface area contributed by atoms with Crippen LogP contribution in [0.15, 0.2) is 12.2 Å². The summed E-state index contributed by atoms with van der Waals surface area (Å²) in [5.74, 6) is -0.296. The zero-order valence-corrected chi connectivity index (χ0v) is 23.7. The second kappa shape index (κ2) is 28.4. The molecule has 0 aliphatic heterocycles. The quantitative estimate of drug-likeness (QED) is 0.0557. The van der Waals surface area contributed by atoms with E-state index in [2.05, 4.69) is 24.4 Å². The van der Waals surface area contributed by atoms with Crippen molar-refractivity contribution < 1.29 is 27.9 Å². The van der Waals surface area contributed by atoms with E-state index in [0.29, 0.717) is 32.2 Å². The maximum absolute atomic E-state index is 11.8. The molecule has 0 aromatic heterocycles. The van der Waals surface area contributed by atoms with Crippen LogP contribution in [0.5, 0.6) is 0 Å². The lowest BCUT2D eigenvalue weighted by atomic mass is 10.1. The van der Waals surface area contributed by atoms with E-state index < -0.39 is 8.25 Å². The first-order chi connectivity index (χ1) is 17.6. The number of amides is 1. The van der Waals surface area contributed by atoms with Gasteiger partial charge in [0.25, 0.3) is 0 Å². The van der Waals surface area contributed by atoms with Gasteiger partial charge in [0.05, 0.1) is 19.8 Å². The molecule has 1 atom stereocenters. The van der Waals surface area contributed by atoms with Crippen LogP contribution < -0.4 is 11.1 Å². The van der Waals surface area contributed by atoms with Gasteiger partial charge in [0.1, 0.15) is 0 Å². The van der Waals surface area contributed by atoms with E-state index >= 15 is 0 Å². The average molecular weight is 533 g/mol. The smallest absolute Gasteiger partial charge is 0.319 e. The Labute approximate surface area is 220 Å². The van der Waals surface area contributed by atoms with Crippen LogP contribution in [-0.2, 0) is 27.9 Å². The number of ether oxygens (including phenoxy) is 1. The topological polar surface area (TPSA) is 117 Å². The highest BCUT2D eigenvalue weighted by molar-refractivity contribution is 7.33. The van der Waals surface area contributed by atoms with Crippen molar-refractivity contribution in [2.75, 3.05) is 32.9 Å². The van der Waals surface area contributed by atoms with Gasteiger partial charge in [-0.2, -0.15) is 0 Å². The Hall–Kier alpha value is -1.21. The molecule has 212 valence electrons. The van der Waals surface area contributed by atoms with E-state index in [4.69, 9.17) is 19.5 Å². The molecular formula is C27H53N2O6P. The molecule has 1 unspecified atom stereocenters. The van der Waals surface area contributed by atoms with E-state index in [-0.39, 0.29) is 38.2 Å². The molecule has 8 nitrogen and oxygen atoms in total. The molecule has 0 bridgehead atoms. The van der Waals surface area contributed by atoms with E-state index in [1.807, 2.05) is 0 Å². The number of esters is 1. The van der Waals surface area contributed by atoms with Crippen LogP contribution in [-0.4, -0.2) is 44.8 Å². The Bertz CT molecular complexity index is 574. The SMILES string of the molecule is CCCCCCCC/C=C\CCCCCCCC(=O)OCCCO[PH](=O)OCCNC(=O)CCCN. The molecule has 0 aliphatic rings. The largest absolute Gasteiger partial charge is 0.466 e. The van der Waals surface area contributed by atoms with Gasteiger partial charge in [-0.05, 0) is 45.1 Å². The predicted octanol–water partition coefficient (Wildman–Crippen LogP) is 6.24. The van der Waals surface area contributed by atoms with Gasteiger partial charge < -0.3 is 24.8 Å². The summed E-state index contributed by atoms with van der Waals surface area (Å²) in [6.45, 7) is 3.56. The van der Waals surface area contributed by atoms with Gasteiger partial charge in [-0.1, -0.05) is 70.4 Å². The zero-order chi connectivity index (χ0) is 26.5. The molecule has 0 rings (SSSR count). The van der Waals surface area contributed by atoms with Gasteiger partial charge >= 0.3 is 14.2 Å². The molecule has 0 aromatic rings. The molecule has 3 N–H and O–H groups in total. The number of carbonyl (C=O) groups is 2. The lowest BCUT2D eigenvalue weighted by Crippen LogP contribution is -2.27. The fourth-order valence-electron chi connectivity index (χ4n) is 3.53.